The highest BCUT2D eigenvalue weighted by Crippen LogP contribution is 2.57. The number of aliphatic hydroxyl groups is 4. The van der Waals surface area contributed by atoms with Crippen molar-refractivity contribution < 1.29 is 49.8 Å². The van der Waals surface area contributed by atoms with E-state index in [1.807, 2.05) is 0 Å². The number of hydrogen-bond acceptors (Lipinski definition) is 11. The predicted molar refractivity (Wildman–Crippen MR) is 139 cm³/mol. The van der Waals surface area contributed by atoms with Crippen LogP contribution in [0.3, 0.4) is 0 Å². The summed E-state index contributed by atoms with van der Waals surface area (Å²) in [6.07, 6.45) is -0.0490. The van der Waals surface area contributed by atoms with E-state index in [1.54, 1.807) is 0 Å². The first-order valence-electron chi connectivity index (χ1n) is 12.8. The summed E-state index contributed by atoms with van der Waals surface area (Å²) in [7, 11) is 3.01. The van der Waals surface area contributed by atoms with Gasteiger partial charge in [-0.25, -0.2) is 0 Å². The SMILES string of the molecule is CN(C)C1C(=O)C(C(=O)NCNCCCC(=O)O)=C(O)[C@@]2(O)C(=O)C3=C(O)c4c(O)cccc4[C@@](C)(O)C3CC12. The number of nitrogens with one attached hydrogen (secondary N) is 2. The number of phenolic OH excluding ortho intramolecular Hbond substituents is 1. The second kappa shape index (κ2) is 10.3. The van der Waals surface area contributed by atoms with Crippen LogP contribution in [0, 0.1) is 11.8 Å². The molecule has 1 aromatic rings. The number of hydrogen-bond donors (Lipinski definition) is 8. The number of carboxylic acids is 1. The van der Waals surface area contributed by atoms with Crippen LogP contribution in [0.4, 0.5) is 0 Å². The van der Waals surface area contributed by atoms with Gasteiger partial charge in [0.2, 0.25) is 5.78 Å². The topological polar surface area (TPSA) is 217 Å². The summed E-state index contributed by atoms with van der Waals surface area (Å²) >= 11 is 0. The van der Waals surface area contributed by atoms with E-state index in [2.05, 4.69) is 10.6 Å². The number of carbonyl (C=O) groups is 4. The van der Waals surface area contributed by atoms with Gasteiger partial charge in [-0.3, -0.25) is 29.4 Å². The number of aliphatic carboxylic acids is 1. The summed E-state index contributed by atoms with van der Waals surface area (Å²) < 4.78 is 0. The quantitative estimate of drug-likeness (QED) is 0.117. The van der Waals surface area contributed by atoms with E-state index in [4.69, 9.17) is 5.11 Å². The predicted octanol–water partition coefficient (Wildman–Crippen LogP) is -0.328. The average molecular weight is 560 g/mol. The lowest BCUT2D eigenvalue weighted by molar-refractivity contribution is -0.159. The fourth-order valence-electron chi connectivity index (χ4n) is 6.17. The molecular weight excluding hydrogens is 526 g/mol. The second-order valence-corrected chi connectivity index (χ2v) is 10.8. The zero-order chi connectivity index (χ0) is 29.7. The molecule has 0 radical (unpaired) electrons. The molecule has 3 unspecified atom stereocenters. The first kappa shape index (κ1) is 29.2. The third-order valence-electron chi connectivity index (χ3n) is 8.12. The number of fused-ring (bicyclic) bond motifs is 3. The average Bonchev–Trinajstić information content (AvgIpc) is 2.86. The Morgan fingerprint density at radius 1 is 1.12 bits per heavy atom. The number of ketones is 2. The van der Waals surface area contributed by atoms with Crippen molar-refractivity contribution in [1.82, 2.24) is 15.5 Å². The van der Waals surface area contributed by atoms with Crippen LogP contribution >= 0.6 is 0 Å². The lowest BCUT2D eigenvalue weighted by Gasteiger charge is -2.53. The molecule has 4 rings (SSSR count). The highest BCUT2D eigenvalue weighted by molar-refractivity contribution is 6.25. The van der Waals surface area contributed by atoms with Gasteiger partial charge in [0.05, 0.1) is 23.9 Å². The molecule has 40 heavy (non-hydrogen) atoms. The molecule has 0 heterocycles. The number of amides is 1. The molecule has 3 aliphatic carbocycles. The van der Waals surface area contributed by atoms with Crippen molar-refractivity contribution in [2.24, 2.45) is 11.8 Å². The molecule has 0 aromatic heterocycles. The van der Waals surface area contributed by atoms with E-state index in [1.165, 1.54) is 44.1 Å². The number of aliphatic hydroxyl groups excluding tert-OH is 2. The number of Topliss-reactive ketones (excluding diaryl/α,β-unsaturated/α-hetero) is 2. The van der Waals surface area contributed by atoms with Gasteiger partial charge >= 0.3 is 5.97 Å². The van der Waals surface area contributed by atoms with Gasteiger partial charge < -0.3 is 36.0 Å². The Kier molecular flexibility index (Phi) is 7.54. The molecule has 13 heteroatoms. The smallest absolute Gasteiger partial charge is 0.303 e. The van der Waals surface area contributed by atoms with Crippen LogP contribution in [0.15, 0.2) is 35.1 Å². The largest absolute Gasteiger partial charge is 0.508 e. The third kappa shape index (κ3) is 4.35. The molecule has 0 bridgehead atoms. The molecule has 0 aliphatic heterocycles. The maximum Gasteiger partial charge on any atom is 0.303 e. The van der Waals surface area contributed by atoms with Crippen LogP contribution in [0.1, 0.15) is 37.3 Å². The number of nitrogens with zero attached hydrogens (tertiary/aromatic N) is 1. The number of likely N-dealkylation sites (N-methyl/N-ethyl adjacent to an activating group) is 1. The molecule has 0 saturated heterocycles. The van der Waals surface area contributed by atoms with Crippen molar-refractivity contribution in [2.75, 3.05) is 27.3 Å². The minimum Gasteiger partial charge on any atom is -0.508 e. The maximum absolute atomic E-state index is 14.0. The fraction of sp³-hybridized carbons (Fsp3) is 0.481. The van der Waals surface area contributed by atoms with Gasteiger partial charge in [-0.05, 0) is 52.0 Å². The zero-order valence-electron chi connectivity index (χ0n) is 22.3. The summed E-state index contributed by atoms with van der Waals surface area (Å²) in [4.78, 5) is 52.7. The van der Waals surface area contributed by atoms with Crippen LogP contribution in [0.25, 0.3) is 5.76 Å². The monoisotopic (exact) mass is 559 g/mol. The Bertz CT molecular complexity index is 1350. The van der Waals surface area contributed by atoms with Crippen molar-refractivity contribution in [3.8, 4) is 5.75 Å². The highest BCUT2D eigenvalue weighted by atomic mass is 16.4. The Morgan fingerprint density at radius 2 is 1.80 bits per heavy atom. The highest BCUT2D eigenvalue weighted by Gasteiger charge is 2.66. The molecule has 13 nitrogen and oxygen atoms in total. The number of carboxylic acid groups (broad SMARTS) is 1. The lowest BCUT2D eigenvalue weighted by atomic mass is 9.54. The van der Waals surface area contributed by atoms with Gasteiger partial charge in [0, 0.05) is 23.8 Å². The van der Waals surface area contributed by atoms with Gasteiger partial charge in [0.15, 0.2) is 11.4 Å². The lowest BCUT2D eigenvalue weighted by Crippen LogP contribution is -2.67. The first-order valence-corrected chi connectivity index (χ1v) is 12.8. The zero-order valence-corrected chi connectivity index (χ0v) is 22.3. The van der Waals surface area contributed by atoms with E-state index >= 15 is 0 Å². The van der Waals surface area contributed by atoms with Crippen molar-refractivity contribution in [3.05, 3.63) is 46.2 Å². The number of carbonyl (C=O) groups excluding carboxylic acids is 3. The Balaban J connectivity index is 1.77. The molecule has 8 N–H and O–H groups in total. The van der Waals surface area contributed by atoms with Crippen molar-refractivity contribution in [1.29, 1.82) is 0 Å². The molecule has 0 spiro atoms. The molecule has 1 aromatic carbocycles. The maximum atomic E-state index is 14.0. The van der Waals surface area contributed by atoms with Crippen LogP contribution in [-0.4, -0.2) is 97.9 Å². The third-order valence-corrected chi connectivity index (χ3v) is 8.12. The Morgan fingerprint density at radius 3 is 2.42 bits per heavy atom. The van der Waals surface area contributed by atoms with Gasteiger partial charge in [0.25, 0.3) is 5.91 Å². The summed E-state index contributed by atoms with van der Waals surface area (Å²) in [6, 6.07) is 2.94. The molecule has 1 amide bonds. The van der Waals surface area contributed by atoms with Gasteiger partial charge in [0.1, 0.15) is 22.8 Å². The first-order chi connectivity index (χ1) is 18.7. The summed E-state index contributed by atoms with van der Waals surface area (Å²) in [5, 5.41) is 70.0. The van der Waals surface area contributed by atoms with E-state index in [9.17, 15) is 44.7 Å². The molecule has 1 saturated carbocycles. The summed E-state index contributed by atoms with van der Waals surface area (Å²) in [6.45, 7) is 1.44. The summed E-state index contributed by atoms with van der Waals surface area (Å²) in [5.41, 5.74) is -5.92. The van der Waals surface area contributed by atoms with Crippen LogP contribution in [0.5, 0.6) is 5.75 Å². The molecule has 216 valence electrons. The van der Waals surface area contributed by atoms with Crippen molar-refractivity contribution in [2.45, 2.75) is 43.4 Å². The number of phenols is 1. The Hall–Kier alpha value is -3.78. The van der Waals surface area contributed by atoms with Crippen LogP contribution in [-0.2, 0) is 24.8 Å². The molecule has 3 aliphatic rings. The minimum absolute atomic E-state index is 0.0920. The van der Waals surface area contributed by atoms with Crippen molar-refractivity contribution >= 4 is 29.2 Å². The molecule has 5 atom stereocenters. The number of rotatable bonds is 8. The number of benzene rings is 1. The van der Waals surface area contributed by atoms with E-state index < -0.39 is 80.9 Å². The second-order valence-electron chi connectivity index (χ2n) is 10.8. The van der Waals surface area contributed by atoms with Gasteiger partial charge in [-0.1, -0.05) is 12.1 Å². The fourth-order valence-corrected chi connectivity index (χ4v) is 6.17. The standard InChI is InChI=1S/C27H33N3O10/c1-26(39)12-6-4-7-15(31)17(12)21(34)18-13(26)10-14-20(30(2)3)22(35)19(24(37)27(14,40)23(18)36)25(38)29-11-28-9-5-8-16(32)33/h4,6-7,13-14,20,28,31,34,37,39-40H,5,8-11H2,1-3H3,(H,29,38)(H,32,33)/t13?,14?,20?,26-,27+/m1/s1. The van der Waals surface area contributed by atoms with E-state index in [0.29, 0.717) is 0 Å². The van der Waals surface area contributed by atoms with Crippen molar-refractivity contribution in [3.63, 3.8) is 0 Å². The number of aromatic hydroxyl groups is 1. The van der Waals surface area contributed by atoms with Gasteiger partial charge in [-0.2, -0.15) is 0 Å². The molecular formula is C27H33N3O10. The minimum atomic E-state index is -2.80. The molecule has 1 fully saturated rings. The Labute approximate surface area is 229 Å². The normalized spacial score (nSPS) is 29.7. The van der Waals surface area contributed by atoms with Gasteiger partial charge in [-0.15, -0.1) is 0 Å². The summed E-state index contributed by atoms with van der Waals surface area (Å²) in [5.74, 6) is -8.78. The van der Waals surface area contributed by atoms with Crippen LogP contribution < -0.4 is 10.6 Å². The van der Waals surface area contributed by atoms with E-state index in [0.717, 1.165) is 0 Å². The van der Waals surface area contributed by atoms with Crippen LogP contribution in [0.2, 0.25) is 0 Å². The van der Waals surface area contributed by atoms with E-state index in [-0.39, 0.29) is 43.6 Å².